The van der Waals surface area contributed by atoms with E-state index in [1.165, 1.54) is 24.8 Å². The van der Waals surface area contributed by atoms with E-state index in [1.54, 1.807) is 0 Å². The van der Waals surface area contributed by atoms with Gasteiger partial charge in [0.25, 0.3) is 0 Å². The number of urea groups is 1. The highest BCUT2D eigenvalue weighted by molar-refractivity contribution is 6.18. The van der Waals surface area contributed by atoms with Crippen LogP contribution in [0.25, 0.3) is 0 Å². The van der Waals surface area contributed by atoms with Crippen LogP contribution < -0.4 is 4.90 Å². The van der Waals surface area contributed by atoms with Gasteiger partial charge >= 0.3 is 6.03 Å². The average Bonchev–Trinajstić information content (AvgIpc) is 3.37. The number of amides is 2. The van der Waals surface area contributed by atoms with E-state index >= 15 is 0 Å². The number of rotatable bonds is 6. The van der Waals surface area contributed by atoms with Crippen LogP contribution in [0.1, 0.15) is 49.7 Å². The van der Waals surface area contributed by atoms with Crippen LogP contribution in [0.4, 0.5) is 10.6 Å². The number of hydrogen-bond donors (Lipinski definition) is 1. The number of anilines is 1. The Balaban J connectivity index is 1.43. The average molecular weight is 407 g/mol. The standard InChI is InChI=1S/C23H30N6O/c1-2-11-28-22-20(25-19(26-22)16-27-12-7-4-8-13-27)21-24-18(15-29(21)23(28)30)14-17-9-5-3-6-10-17/h3,5-6,9-10,18H,2,4,7-8,11-16H2,1H3,(H,25,26)/t18-/m1/s1. The van der Waals surface area contributed by atoms with Crippen LogP contribution in [-0.2, 0) is 13.0 Å². The molecule has 158 valence electrons. The SMILES string of the molecule is CCCN1C(=O)N2C[C@@H](Cc3ccccc3)N=C2c2[nH]c(CN3CCCCC3)nc21. The Labute approximate surface area is 177 Å². The third kappa shape index (κ3) is 3.62. The summed E-state index contributed by atoms with van der Waals surface area (Å²) in [6.07, 6.45) is 5.56. The Morgan fingerprint density at radius 3 is 2.70 bits per heavy atom. The molecule has 0 radical (unpaired) electrons. The minimum atomic E-state index is 0.00897. The number of nitrogens with zero attached hydrogens (tertiary/aromatic N) is 5. The number of carbonyl (C=O) groups excluding carboxylic acids is 1. The first kappa shape index (κ1) is 19.3. The Bertz CT molecular complexity index is 930. The number of likely N-dealkylation sites (tertiary alicyclic amines) is 1. The number of benzene rings is 1. The molecular formula is C23H30N6O. The van der Waals surface area contributed by atoms with Crippen LogP contribution in [0.2, 0.25) is 0 Å². The van der Waals surface area contributed by atoms with Gasteiger partial charge in [0.15, 0.2) is 11.7 Å². The second kappa shape index (κ2) is 8.22. The lowest BCUT2D eigenvalue weighted by Gasteiger charge is -2.32. The number of hydrogen-bond acceptors (Lipinski definition) is 4. The lowest BCUT2D eigenvalue weighted by Crippen LogP contribution is -2.50. The number of imidazole rings is 1. The van der Waals surface area contributed by atoms with Crippen LogP contribution in [0, 0.1) is 0 Å². The summed E-state index contributed by atoms with van der Waals surface area (Å²) in [7, 11) is 0. The fourth-order valence-corrected chi connectivity index (χ4v) is 4.77. The quantitative estimate of drug-likeness (QED) is 0.799. The molecule has 7 nitrogen and oxygen atoms in total. The molecular weight excluding hydrogens is 376 g/mol. The summed E-state index contributed by atoms with van der Waals surface area (Å²) in [6, 6.07) is 10.5. The van der Waals surface area contributed by atoms with Crippen molar-refractivity contribution in [1.82, 2.24) is 19.8 Å². The van der Waals surface area contributed by atoms with Crippen molar-refractivity contribution in [1.29, 1.82) is 0 Å². The molecule has 2 amide bonds. The van der Waals surface area contributed by atoms with Gasteiger partial charge in [-0.15, -0.1) is 0 Å². The number of amidine groups is 1. The fraction of sp³-hybridized carbons (Fsp3) is 0.522. The molecule has 1 saturated heterocycles. The highest BCUT2D eigenvalue weighted by Crippen LogP contribution is 2.32. The van der Waals surface area contributed by atoms with E-state index in [2.05, 4.69) is 41.1 Å². The van der Waals surface area contributed by atoms with Crippen molar-refractivity contribution in [3.8, 4) is 0 Å². The summed E-state index contributed by atoms with van der Waals surface area (Å²) in [5, 5.41) is 0. The maximum atomic E-state index is 13.3. The third-order valence-corrected chi connectivity index (χ3v) is 6.21. The zero-order valence-corrected chi connectivity index (χ0v) is 17.7. The van der Waals surface area contributed by atoms with Crippen molar-refractivity contribution in [2.75, 3.05) is 31.1 Å². The highest BCUT2D eigenvalue weighted by atomic mass is 16.2. The molecule has 4 heterocycles. The minimum Gasteiger partial charge on any atom is -0.337 e. The number of aromatic nitrogens is 2. The zero-order valence-electron chi connectivity index (χ0n) is 17.7. The number of piperidine rings is 1. The summed E-state index contributed by atoms with van der Waals surface area (Å²) in [6.45, 7) is 6.45. The molecule has 30 heavy (non-hydrogen) atoms. The van der Waals surface area contributed by atoms with Crippen LogP contribution in [-0.4, -0.2) is 63.9 Å². The maximum Gasteiger partial charge on any atom is 0.331 e. The monoisotopic (exact) mass is 406 g/mol. The third-order valence-electron chi connectivity index (χ3n) is 6.21. The Morgan fingerprint density at radius 1 is 1.13 bits per heavy atom. The first-order chi connectivity index (χ1) is 14.7. The Hall–Kier alpha value is -2.67. The van der Waals surface area contributed by atoms with Crippen molar-refractivity contribution in [3.63, 3.8) is 0 Å². The van der Waals surface area contributed by atoms with Crippen LogP contribution in [0.5, 0.6) is 0 Å². The molecule has 0 unspecified atom stereocenters. The molecule has 1 aromatic carbocycles. The van der Waals surface area contributed by atoms with Crippen molar-refractivity contribution in [2.24, 2.45) is 4.99 Å². The molecule has 5 rings (SSSR count). The van der Waals surface area contributed by atoms with E-state index in [0.29, 0.717) is 13.1 Å². The number of aliphatic imine (C=N–C) groups is 1. The smallest absolute Gasteiger partial charge is 0.331 e. The van der Waals surface area contributed by atoms with Crippen LogP contribution in [0.15, 0.2) is 35.3 Å². The van der Waals surface area contributed by atoms with E-state index in [-0.39, 0.29) is 12.1 Å². The largest absolute Gasteiger partial charge is 0.337 e. The summed E-state index contributed by atoms with van der Waals surface area (Å²) >= 11 is 0. The molecule has 7 heteroatoms. The van der Waals surface area contributed by atoms with E-state index in [9.17, 15) is 4.79 Å². The van der Waals surface area contributed by atoms with Gasteiger partial charge in [0.2, 0.25) is 0 Å². The van der Waals surface area contributed by atoms with Gasteiger partial charge in [-0.25, -0.2) is 9.78 Å². The number of carbonyl (C=O) groups is 1. The molecule has 1 atom stereocenters. The summed E-state index contributed by atoms with van der Waals surface area (Å²) in [5.74, 6) is 2.46. The van der Waals surface area contributed by atoms with Crippen LogP contribution in [0.3, 0.4) is 0 Å². The van der Waals surface area contributed by atoms with Gasteiger partial charge in [-0.1, -0.05) is 43.7 Å². The minimum absolute atomic E-state index is 0.00897. The number of nitrogens with one attached hydrogen (secondary N) is 1. The molecule has 0 saturated carbocycles. The summed E-state index contributed by atoms with van der Waals surface area (Å²) < 4.78 is 0. The van der Waals surface area contributed by atoms with Crippen molar-refractivity contribution in [2.45, 2.75) is 51.6 Å². The lowest BCUT2D eigenvalue weighted by atomic mass is 10.1. The van der Waals surface area contributed by atoms with E-state index in [0.717, 1.165) is 55.6 Å². The molecule has 0 spiro atoms. The van der Waals surface area contributed by atoms with E-state index < -0.39 is 0 Å². The van der Waals surface area contributed by atoms with Gasteiger partial charge < -0.3 is 4.98 Å². The van der Waals surface area contributed by atoms with Gasteiger partial charge in [-0.2, -0.15) is 0 Å². The first-order valence-electron chi connectivity index (χ1n) is 11.3. The van der Waals surface area contributed by atoms with Crippen molar-refractivity contribution in [3.05, 3.63) is 47.4 Å². The Morgan fingerprint density at radius 2 is 1.93 bits per heavy atom. The van der Waals surface area contributed by atoms with Gasteiger partial charge in [0.05, 0.1) is 19.1 Å². The molecule has 1 fully saturated rings. The van der Waals surface area contributed by atoms with Crippen LogP contribution >= 0.6 is 0 Å². The van der Waals surface area contributed by atoms with Gasteiger partial charge in [-0.05, 0) is 44.3 Å². The first-order valence-corrected chi connectivity index (χ1v) is 11.3. The number of fused-ring (bicyclic) bond motifs is 3. The predicted octanol–water partition coefficient (Wildman–Crippen LogP) is 3.42. The highest BCUT2D eigenvalue weighted by Gasteiger charge is 2.42. The second-order valence-electron chi connectivity index (χ2n) is 8.56. The zero-order chi connectivity index (χ0) is 20.5. The van der Waals surface area contributed by atoms with E-state index in [4.69, 9.17) is 9.98 Å². The van der Waals surface area contributed by atoms with Gasteiger partial charge in [0, 0.05) is 6.54 Å². The predicted molar refractivity (Wildman–Crippen MR) is 118 cm³/mol. The fourth-order valence-electron chi connectivity index (χ4n) is 4.77. The summed E-state index contributed by atoms with van der Waals surface area (Å²) in [4.78, 5) is 32.7. The second-order valence-corrected chi connectivity index (χ2v) is 8.56. The normalized spacial score (nSPS) is 21.6. The molecule has 3 aliphatic heterocycles. The lowest BCUT2D eigenvalue weighted by molar-refractivity contribution is 0.216. The topological polar surface area (TPSA) is 67.8 Å². The number of aromatic amines is 1. The van der Waals surface area contributed by atoms with Gasteiger partial charge in [-0.3, -0.25) is 19.7 Å². The van der Waals surface area contributed by atoms with Crippen molar-refractivity contribution >= 4 is 17.7 Å². The molecule has 0 bridgehead atoms. The van der Waals surface area contributed by atoms with E-state index in [1.807, 2.05) is 15.9 Å². The Kier molecular flexibility index (Phi) is 5.29. The van der Waals surface area contributed by atoms with Gasteiger partial charge in [0.1, 0.15) is 11.5 Å². The molecule has 1 N–H and O–H groups in total. The maximum absolute atomic E-state index is 13.3. The van der Waals surface area contributed by atoms with Crippen molar-refractivity contribution < 1.29 is 4.79 Å². The summed E-state index contributed by atoms with van der Waals surface area (Å²) in [5.41, 5.74) is 2.16. The number of H-pyrrole nitrogens is 1. The molecule has 3 aliphatic rings. The molecule has 0 aliphatic carbocycles. The molecule has 1 aromatic heterocycles. The molecule has 2 aromatic rings.